The number of methoxy groups -OCH3 is 1. The number of para-hydroxylation sites is 3. The third kappa shape index (κ3) is 4.04. The van der Waals surface area contributed by atoms with Crippen molar-refractivity contribution in [3.05, 3.63) is 70.6 Å². The highest BCUT2D eigenvalue weighted by Crippen LogP contribution is 2.30. The number of nitrogens with one attached hydrogen (secondary N) is 2. The van der Waals surface area contributed by atoms with Crippen molar-refractivity contribution in [3.63, 3.8) is 0 Å². The number of carbonyl (C=O) groups excluding carboxylic acids is 1. The number of carbonyl (C=O) groups is 1. The molecule has 8 heteroatoms. The van der Waals surface area contributed by atoms with E-state index in [2.05, 4.69) is 20.6 Å². The van der Waals surface area contributed by atoms with Gasteiger partial charge in [-0.25, -0.2) is 9.97 Å². The summed E-state index contributed by atoms with van der Waals surface area (Å²) in [6, 6.07) is 12.4. The van der Waals surface area contributed by atoms with Gasteiger partial charge in [0.1, 0.15) is 17.3 Å². The minimum Gasteiger partial charge on any atom is -0.495 e. The lowest BCUT2D eigenvalue weighted by atomic mass is 10.3. The van der Waals surface area contributed by atoms with Gasteiger partial charge in [-0.3, -0.25) is 4.79 Å². The van der Waals surface area contributed by atoms with Crippen molar-refractivity contribution in [1.82, 2.24) is 9.97 Å². The van der Waals surface area contributed by atoms with E-state index in [9.17, 15) is 4.79 Å². The van der Waals surface area contributed by atoms with E-state index >= 15 is 0 Å². The van der Waals surface area contributed by atoms with Crippen molar-refractivity contribution in [2.75, 3.05) is 17.7 Å². The number of ether oxygens (including phenoxy) is 1. The number of rotatable bonds is 5. The van der Waals surface area contributed by atoms with Crippen molar-refractivity contribution < 1.29 is 9.53 Å². The molecule has 0 bridgehead atoms. The van der Waals surface area contributed by atoms with E-state index in [0.29, 0.717) is 27.3 Å². The largest absolute Gasteiger partial charge is 0.495 e. The van der Waals surface area contributed by atoms with E-state index < -0.39 is 5.91 Å². The molecule has 6 nitrogen and oxygen atoms in total. The lowest BCUT2D eigenvalue weighted by molar-refractivity contribution is 0.102. The molecule has 1 heterocycles. The molecule has 132 valence electrons. The zero-order chi connectivity index (χ0) is 18.5. The van der Waals surface area contributed by atoms with Gasteiger partial charge in [-0.15, -0.1) is 0 Å². The standard InChI is InChI=1S/C18H14Cl2N4O2/c1-26-15-8-3-2-7-13(15)23-16-10-21-14(9-22-16)18(25)24-17-11(19)5-4-6-12(17)20/h2-10H,1H3,(H,22,23)(H,24,25). The summed E-state index contributed by atoms with van der Waals surface area (Å²) in [6.45, 7) is 0. The number of hydrogen-bond acceptors (Lipinski definition) is 5. The molecule has 3 aromatic rings. The zero-order valence-electron chi connectivity index (χ0n) is 13.7. The number of benzene rings is 2. The smallest absolute Gasteiger partial charge is 0.275 e. The molecule has 0 atom stereocenters. The summed E-state index contributed by atoms with van der Waals surface area (Å²) in [6.07, 6.45) is 2.81. The Morgan fingerprint density at radius 2 is 1.73 bits per heavy atom. The van der Waals surface area contributed by atoms with Crippen molar-refractivity contribution in [3.8, 4) is 5.75 Å². The van der Waals surface area contributed by atoms with Gasteiger partial charge in [0, 0.05) is 0 Å². The summed E-state index contributed by atoms with van der Waals surface area (Å²) in [5, 5.41) is 6.40. The van der Waals surface area contributed by atoms with Crippen LogP contribution in [0.15, 0.2) is 54.9 Å². The molecule has 3 rings (SSSR count). The van der Waals surface area contributed by atoms with E-state index in [0.717, 1.165) is 5.69 Å². The summed E-state index contributed by atoms with van der Waals surface area (Å²) in [7, 11) is 1.58. The number of hydrogen-bond donors (Lipinski definition) is 2. The van der Waals surface area contributed by atoms with Crippen molar-refractivity contribution in [1.29, 1.82) is 0 Å². The average Bonchev–Trinajstić information content (AvgIpc) is 2.66. The van der Waals surface area contributed by atoms with Crippen LogP contribution in [0.3, 0.4) is 0 Å². The van der Waals surface area contributed by atoms with Crippen LogP contribution in [0.25, 0.3) is 0 Å². The maximum atomic E-state index is 12.3. The molecule has 26 heavy (non-hydrogen) atoms. The van der Waals surface area contributed by atoms with Gasteiger partial charge in [-0.2, -0.15) is 0 Å². The Balaban J connectivity index is 1.74. The van der Waals surface area contributed by atoms with E-state index in [1.807, 2.05) is 24.3 Å². The van der Waals surface area contributed by atoms with Gasteiger partial charge in [0.2, 0.25) is 0 Å². The molecular weight excluding hydrogens is 375 g/mol. The molecule has 0 spiro atoms. The highest BCUT2D eigenvalue weighted by atomic mass is 35.5. The summed E-state index contributed by atoms with van der Waals surface area (Å²) in [4.78, 5) is 20.6. The first-order chi connectivity index (χ1) is 12.6. The predicted octanol–water partition coefficient (Wildman–Crippen LogP) is 4.79. The number of aromatic nitrogens is 2. The summed E-state index contributed by atoms with van der Waals surface area (Å²) in [5.41, 5.74) is 1.20. The van der Waals surface area contributed by atoms with Crippen LogP contribution in [-0.2, 0) is 0 Å². The summed E-state index contributed by atoms with van der Waals surface area (Å²) >= 11 is 12.1. The molecular formula is C18H14Cl2N4O2. The Bertz CT molecular complexity index is 912. The van der Waals surface area contributed by atoms with Crippen LogP contribution >= 0.6 is 23.2 Å². The second-order valence-electron chi connectivity index (χ2n) is 5.16. The van der Waals surface area contributed by atoms with Gasteiger partial charge in [0.05, 0.1) is 40.9 Å². The Morgan fingerprint density at radius 1 is 1.00 bits per heavy atom. The third-order valence-electron chi connectivity index (χ3n) is 3.46. The van der Waals surface area contributed by atoms with Gasteiger partial charge in [0.25, 0.3) is 5.91 Å². The molecule has 0 aliphatic carbocycles. The summed E-state index contributed by atoms with van der Waals surface area (Å²) < 4.78 is 5.27. The van der Waals surface area contributed by atoms with Crippen molar-refractivity contribution in [2.24, 2.45) is 0 Å². The Morgan fingerprint density at radius 3 is 2.38 bits per heavy atom. The van der Waals surface area contributed by atoms with Crippen molar-refractivity contribution in [2.45, 2.75) is 0 Å². The van der Waals surface area contributed by atoms with Crippen LogP contribution in [0, 0.1) is 0 Å². The maximum absolute atomic E-state index is 12.3. The highest BCUT2D eigenvalue weighted by Gasteiger charge is 2.13. The average molecular weight is 389 g/mol. The molecule has 0 saturated carbocycles. The molecule has 0 radical (unpaired) electrons. The van der Waals surface area contributed by atoms with Crippen LogP contribution in [0.4, 0.5) is 17.2 Å². The fraction of sp³-hybridized carbons (Fsp3) is 0.0556. The van der Waals surface area contributed by atoms with E-state index in [-0.39, 0.29) is 5.69 Å². The van der Waals surface area contributed by atoms with Crippen LogP contribution < -0.4 is 15.4 Å². The SMILES string of the molecule is COc1ccccc1Nc1cnc(C(=O)Nc2c(Cl)cccc2Cl)cn1. The molecule has 0 aliphatic heterocycles. The van der Waals surface area contributed by atoms with Crippen LogP contribution in [-0.4, -0.2) is 23.0 Å². The first kappa shape index (κ1) is 18.0. The maximum Gasteiger partial charge on any atom is 0.275 e. The van der Waals surface area contributed by atoms with Gasteiger partial charge in [0.15, 0.2) is 0 Å². The fourth-order valence-electron chi connectivity index (χ4n) is 2.19. The zero-order valence-corrected chi connectivity index (χ0v) is 15.2. The van der Waals surface area contributed by atoms with E-state index in [1.54, 1.807) is 25.3 Å². The monoisotopic (exact) mass is 388 g/mol. The minimum atomic E-state index is -0.462. The minimum absolute atomic E-state index is 0.131. The molecule has 0 aliphatic rings. The Labute approximate surface area is 160 Å². The third-order valence-corrected chi connectivity index (χ3v) is 4.09. The molecule has 0 unspecified atom stereocenters. The lowest BCUT2D eigenvalue weighted by Crippen LogP contribution is -2.15. The van der Waals surface area contributed by atoms with Crippen molar-refractivity contribution >= 4 is 46.3 Å². The Kier molecular flexibility index (Phi) is 5.55. The van der Waals surface area contributed by atoms with Gasteiger partial charge in [-0.05, 0) is 24.3 Å². The quantitative estimate of drug-likeness (QED) is 0.656. The highest BCUT2D eigenvalue weighted by molar-refractivity contribution is 6.39. The van der Waals surface area contributed by atoms with Gasteiger partial charge in [-0.1, -0.05) is 41.4 Å². The number of halogens is 2. The second-order valence-corrected chi connectivity index (χ2v) is 5.98. The number of amides is 1. The van der Waals surface area contributed by atoms with E-state index in [1.165, 1.54) is 12.4 Å². The molecule has 0 saturated heterocycles. The fourth-order valence-corrected chi connectivity index (χ4v) is 2.68. The first-order valence-corrected chi connectivity index (χ1v) is 8.31. The number of nitrogens with zero attached hydrogens (tertiary/aromatic N) is 2. The van der Waals surface area contributed by atoms with Crippen LogP contribution in [0.5, 0.6) is 5.75 Å². The molecule has 2 N–H and O–H groups in total. The topological polar surface area (TPSA) is 76.1 Å². The number of anilines is 3. The lowest BCUT2D eigenvalue weighted by Gasteiger charge is -2.11. The van der Waals surface area contributed by atoms with Crippen LogP contribution in [0.1, 0.15) is 10.5 Å². The van der Waals surface area contributed by atoms with Crippen LogP contribution in [0.2, 0.25) is 10.0 Å². The summed E-state index contributed by atoms with van der Waals surface area (Å²) in [5.74, 6) is 0.683. The molecule has 1 amide bonds. The van der Waals surface area contributed by atoms with Gasteiger partial charge < -0.3 is 15.4 Å². The predicted molar refractivity (Wildman–Crippen MR) is 103 cm³/mol. The molecule has 0 fully saturated rings. The van der Waals surface area contributed by atoms with E-state index in [4.69, 9.17) is 27.9 Å². The molecule has 2 aromatic carbocycles. The second kappa shape index (κ2) is 8.03. The Hall–Kier alpha value is -2.83. The normalized spacial score (nSPS) is 10.3. The molecule has 1 aromatic heterocycles. The van der Waals surface area contributed by atoms with Gasteiger partial charge >= 0.3 is 0 Å². The first-order valence-electron chi connectivity index (χ1n) is 7.56.